The van der Waals surface area contributed by atoms with Crippen molar-refractivity contribution in [2.24, 2.45) is 0 Å². The Hall–Kier alpha value is -1.85. The van der Waals surface area contributed by atoms with Gasteiger partial charge in [0.1, 0.15) is 0 Å². The van der Waals surface area contributed by atoms with E-state index in [-0.39, 0.29) is 6.04 Å². The second kappa shape index (κ2) is 9.15. The highest BCUT2D eigenvalue weighted by atomic mass is 16.5. The third kappa shape index (κ3) is 6.92. The van der Waals surface area contributed by atoms with E-state index in [1.54, 1.807) is 6.08 Å². The predicted octanol–water partition coefficient (Wildman–Crippen LogP) is 2.04. The van der Waals surface area contributed by atoms with E-state index in [1.165, 1.54) is 19.4 Å². The topological polar surface area (TPSA) is 84.5 Å². The zero-order valence-electron chi connectivity index (χ0n) is 12.7. The van der Waals surface area contributed by atoms with E-state index in [9.17, 15) is 14.4 Å². The molecule has 0 heterocycles. The van der Waals surface area contributed by atoms with Gasteiger partial charge in [-0.05, 0) is 26.2 Å². The largest absolute Gasteiger partial charge is 0.449 e. The minimum Gasteiger partial charge on any atom is -0.449 e. The number of allylic oxidation sites excluding steroid dienone is 1. The molecule has 6 heteroatoms. The number of imide groups is 1. The van der Waals surface area contributed by atoms with Gasteiger partial charge in [-0.3, -0.25) is 10.1 Å². The molecule has 6 nitrogen and oxygen atoms in total. The van der Waals surface area contributed by atoms with Crippen molar-refractivity contribution in [3.8, 4) is 0 Å². The summed E-state index contributed by atoms with van der Waals surface area (Å²) >= 11 is 0. The van der Waals surface area contributed by atoms with Crippen LogP contribution in [0.5, 0.6) is 0 Å². The number of carbonyl (C=O) groups is 3. The minimum absolute atomic E-state index is 0.122. The van der Waals surface area contributed by atoms with Gasteiger partial charge in [-0.25, -0.2) is 9.59 Å². The molecule has 0 radical (unpaired) electrons. The highest BCUT2D eigenvalue weighted by molar-refractivity contribution is 5.97. The summed E-state index contributed by atoms with van der Waals surface area (Å²) in [6.07, 6.45) is 7.87. The van der Waals surface area contributed by atoms with E-state index in [1.807, 2.05) is 6.92 Å². The molecule has 0 bridgehead atoms. The predicted molar refractivity (Wildman–Crippen MR) is 78.5 cm³/mol. The molecular weight excluding hydrogens is 272 g/mol. The molecule has 0 unspecified atom stereocenters. The van der Waals surface area contributed by atoms with E-state index in [2.05, 4.69) is 10.6 Å². The normalized spacial score (nSPS) is 17.2. The van der Waals surface area contributed by atoms with Crippen LogP contribution in [0, 0.1) is 0 Å². The molecule has 1 aliphatic carbocycles. The molecule has 1 saturated carbocycles. The fourth-order valence-corrected chi connectivity index (χ4v) is 2.16. The maximum Gasteiger partial charge on any atom is 0.331 e. The van der Waals surface area contributed by atoms with E-state index >= 15 is 0 Å². The molecule has 0 aromatic rings. The monoisotopic (exact) mass is 296 g/mol. The standard InChI is InChI=1S/C15H24N2O4/c1-3-4-10-13(18)21-11(2)14(19)17-15(20)16-12-8-6-5-7-9-12/h4,10-12H,3,5-9H2,1-2H3,(H2,16,17,19,20)/b10-4+/t11-/m0/s1. The van der Waals surface area contributed by atoms with Crippen LogP contribution in [-0.4, -0.2) is 30.1 Å². The number of nitrogens with one attached hydrogen (secondary N) is 2. The lowest BCUT2D eigenvalue weighted by Crippen LogP contribution is -2.48. The van der Waals surface area contributed by atoms with Gasteiger partial charge in [-0.2, -0.15) is 0 Å². The van der Waals surface area contributed by atoms with Crippen molar-refractivity contribution in [1.29, 1.82) is 0 Å². The van der Waals surface area contributed by atoms with Gasteiger partial charge >= 0.3 is 12.0 Å². The molecule has 21 heavy (non-hydrogen) atoms. The third-order valence-corrected chi connectivity index (χ3v) is 3.33. The maximum absolute atomic E-state index is 11.7. The van der Waals surface area contributed by atoms with Gasteiger partial charge in [0.2, 0.25) is 0 Å². The number of amides is 3. The second-order valence-corrected chi connectivity index (χ2v) is 5.19. The van der Waals surface area contributed by atoms with Gasteiger partial charge in [-0.15, -0.1) is 0 Å². The minimum atomic E-state index is -1.00. The third-order valence-electron chi connectivity index (χ3n) is 3.33. The van der Waals surface area contributed by atoms with Crippen LogP contribution in [0.4, 0.5) is 4.79 Å². The Labute approximate surface area is 125 Å². The number of hydrogen-bond acceptors (Lipinski definition) is 4. The fraction of sp³-hybridized carbons (Fsp3) is 0.667. The summed E-state index contributed by atoms with van der Waals surface area (Å²) in [4.78, 5) is 34.7. The summed E-state index contributed by atoms with van der Waals surface area (Å²) in [5.41, 5.74) is 0. The van der Waals surface area contributed by atoms with Gasteiger partial charge in [0.05, 0.1) is 0 Å². The lowest BCUT2D eigenvalue weighted by atomic mass is 9.96. The first-order valence-corrected chi connectivity index (χ1v) is 7.51. The quantitative estimate of drug-likeness (QED) is 0.600. The van der Waals surface area contributed by atoms with Crippen molar-refractivity contribution < 1.29 is 19.1 Å². The summed E-state index contributed by atoms with van der Waals surface area (Å²) in [7, 11) is 0. The molecule has 2 N–H and O–H groups in total. The number of esters is 1. The molecule has 3 amide bonds. The van der Waals surface area contributed by atoms with Crippen molar-refractivity contribution in [3.05, 3.63) is 12.2 Å². The Morgan fingerprint density at radius 1 is 1.24 bits per heavy atom. The number of urea groups is 1. The molecule has 0 aromatic heterocycles. The van der Waals surface area contributed by atoms with Gasteiger partial charge in [-0.1, -0.05) is 32.3 Å². The first-order valence-electron chi connectivity index (χ1n) is 7.51. The molecule has 1 atom stereocenters. The molecule has 0 saturated heterocycles. The maximum atomic E-state index is 11.7. The fourth-order valence-electron chi connectivity index (χ4n) is 2.16. The van der Waals surface area contributed by atoms with Gasteiger partial charge in [0, 0.05) is 12.1 Å². The summed E-state index contributed by atoms with van der Waals surface area (Å²) in [6, 6.07) is -0.407. The summed E-state index contributed by atoms with van der Waals surface area (Å²) in [6.45, 7) is 3.32. The van der Waals surface area contributed by atoms with Crippen LogP contribution in [0.3, 0.4) is 0 Å². The summed E-state index contributed by atoms with van der Waals surface area (Å²) in [5.74, 6) is -1.21. The first-order chi connectivity index (χ1) is 10.0. The van der Waals surface area contributed by atoms with E-state index in [0.717, 1.165) is 25.7 Å². The van der Waals surface area contributed by atoms with Crippen molar-refractivity contribution in [2.45, 2.75) is 64.5 Å². The molecule has 1 rings (SSSR count). The zero-order valence-corrected chi connectivity index (χ0v) is 12.7. The highest BCUT2D eigenvalue weighted by Gasteiger charge is 2.21. The van der Waals surface area contributed by atoms with Crippen molar-refractivity contribution >= 4 is 17.9 Å². The molecule has 0 aliphatic heterocycles. The lowest BCUT2D eigenvalue weighted by Gasteiger charge is -2.23. The first kappa shape index (κ1) is 17.2. The van der Waals surface area contributed by atoms with Gasteiger partial charge < -0.3 is 10.1 Å². The number of carbonyl (C=O) groups excluding carboxylic acids is 3. The Morgan fingerprint density at radius 3 is 2.52 bits per heavy atom. The zero-order chi connectivity index (χ0) is 15.7. The van der Waals surface area contributed by atoms with Crippen LogP contribution in [-0.2, 0) is 14.3 Å². The second-order valence-electron chi connectivity index (χ2n) is 5.19. The van der Waals surface area contributed by atoms with E-state index in [4.69, 9.17) is 4.74 Å². The van der Waals surface area contributed by atoms with Crippen LogP contribution in [0.2, 0.25) is 0 Å². The number of rotatable bonds is 5. The Morgan fingerprint density at radius 2 is 1.90 bits per heavy atom. The molecule has 1 fully saturated rings. The van der Waals surface area contributed by atoms with Crippen LogP contribution < -0.4 is 10.6 Å². The summed E-state index contributed by atoms with van der Waals surface area (Å²) < 4.78 is 4.89. The van der Waals surface area contributed by atoms with Crippen molar-refractivity contribution in [3.63, 3.8) is 0 Å². The Balaban J connectivity index is 2.31. The average molecular weight is 296 g/mol. The highest BCUT2D eigenvalue weighted by Crippen LogP contribution is 2.17. The van der Waals surface area contributed by atoms with E-state index in [0.29, 0.717) is 6.42 Å². The lowest BCUT2D eigenvalue weighted by molar-refractivity contribution is -0.149. The van der Waals surface area contributed by atoms with Gasteiger partial charge in [0.15, 0.2) is 6.10 Å². The SMILES string of the molecule is CC/C=C/C(=O)O[C@@H](C)C(=O)NC(=O)NC1CCCCC1. The van der Waals surface area contributed by atoms with E-state index < -0.39 is 24.0 Å². The molecular formula is C15H24N2O4. The van der Waals surface area contributed by atoms with Crippen LogP contribution in [0.25, 0.3) is 0 Å². The smallest absolute Gasteiger partial charge is 0.331 e. The van der Waals surface area contributed by atoms with Crippen molar-refractivity contribution in [1.82, 2.24) is 10.6 Å². The molecule has 118 valence electrons. The number of hydrogen-bond donors (Lipinski definition) is 2. The Kier molecular flexibility index (Phi) is 7.50. The molecule has 0 spiro atoms. The Bertz CT molecular complexity index is 400. The average Bonchev–Trinajstić information content (AvgIpc) is 2.45. The number of ether oxygens (including phenoxy) is 1. The molecule has 1 aliphatic rings. The van der Waals surface area contributed by atoms with Crippen LogP contribution in [0.1, 0.15) is 52.4 Å². The van der Waals surface area contributed by atoms with Crippen LogP contribution >= 0.6 is 0 Å². The summed E-state index contributed by atoms with van der Waals surface area (Å²) in [5, 5.41) is 4.97. The molecule has 0 aromatic carbocycles. The van der Waals surface area contributed by atoms with Crippen LogP contribution in [0.15, 0.2) is 12.2 Å². The van der Waals surface area contributed by atoms with Crippen molar-refractivity contribution in [2.75, 3.05) is 0 Å². The van der Waals surface area contributed by atoms with Gasteiger partial charge in [0.25, 0.3) is 5.91 Å².